The maximum Gasteiger partial charge on any atom is 0.416 e. The van der Waals surface area contributed by atoms with Crippen molar-refractivity contribution in [1.82, 2.24) is 30.0 Å². The number of halogens is 3. The summed E-state index contributed by atoms with van der Waals surface area (Å²) >= 11 is 0. The van der Waals surface area contributed by atoms with Gasteiger partial charge in [-0.2, -0.15) is 18.3 Å². The molecule has 0 unspecified atom stereocenters. The summed E-state index contributed by atoms with van der Waals surface area (Å²) in [5.74, 6) is 0.201. The Kier molecular flexibility index (Phi) is 4.95. The molecule has 2 aromatic heterocycles. The van der Waals surface area contributed by atoms with Crippen LogP contribution in [0.4, 0.5) is 18.9 Å². The van der Waals surface area contributed by atoms with Gasteiger partial charge in [0.05, 0.1) is 34.7 Å². The molecule has 0 radical (unpaired) electrons. The molecule has 11 heteroatoms. The van der Waals surface area contributed by atoms with Gasteiger partial charge in [-0.3, -0.25) is 4.79 Å². The third-order valence-corrected chi connectivity index (χ3v) is 5.44. The lowest BCUT2D eigenvalue weighted by Crippen LogP contribution is -2.13. The summed E-state index contributed by atoms with van der Waals surface area (Å²) in [6.07, 6.45) is -1.07. The van der Waals surface area contributed by atoms with Crippen molar-refractivity contribution in [2.75, 3.05) is 5.32 Å². The molecule has 1 aliphatic rings. The molecule has 168 valence electrons. The van der Waals surface area contributed by atoms with Crippen LogP contribution in [0.5, 0.6) is 0 Å². The number of nitrogens with zero attached hydrogens (tertiary/aromatic N) is 6. The van der Waals surface area contributed by atoms with E-state index in [1.807, 2.05) is 6.07 Å². The molecule has 1 fully saturated rings. The maximum absolute atomic E-state index is 13.1. The summed E-state index contributed by atoms with van der Waals surface area (Å²) in [6, 6.07) is 12.3. The first kappa shape index (κ1) is 20.9. The van der Waals surface area contributed by atoms with Crippen molar-refractivity contribution in [2.24, 2.45) is 0 Å². The van der Waals surface area contributed by atoms with E-state index in [-0.39, 0.29) is 11.3 Å². The number of carbonyl (C=O) groups excluding carboxylic acids is 1. The molecule has 4 aromatic rings. The Morgan fingerprint density at radius 1 is 1.12 bits per heavy atom. The van der Waals surface area contributed by atoms with Crippen molar-refractivity contribution in [3.8, 4) is 17.1 Å². The molecule has 1 N–H and O–H groups in total. The molecule has 5 rings (SSSR count). The van der Waals surface area contributed by atoms with Gasteiger partial charge in [0, 0.05) is 11.3 Å². The number of rotatable bonds is 5. The lowest BCUT2D eigenvalue weighted by Gasteiger charge is -2.10. The molecule has 0 saturated heterocycles. The van der Waals surface area contributed by atoms with Gasteiger partial charge in [0.2, 0.25) is 0 Å². The van der Waals surface area contributed by atoms with Crippen LogP contribution in [0.25, 0.3) is 17.1 Å². The third-order valence-electron chi connectivity index (χ3n) is 5.44. The highest BCUT2D eigenvalue weighted by atomic mass is 19.4. The van der Waals surface area contributed by atoms with Crippen molar-refractivity contribution >= 4 is 11.6 Å². The van der Waals surface area contributed by atoms with Gasteiger partial charge < -0.3 is 5.32 Å². The van der Waals surface area contributed by atoms with Crippen LogP contribution in [-0.2, 0) is 6.18 Å². The first-order chi connectivity index (χ1) is 15.8. The van der Waals surface area contributed by atoms with E-state index in [0.29, 0.717) is 23.2 Å². The smallest absolute Gasteiger partial charge is 0.322 e. The van der Waals surface area contributed by atoms with Crippen LogP contribution in [0.2, 0.25) is 0 Å². The minimum Gasteiger partial charge on any atom is -0.322 e. The Morgan fingerprint density at radius 3 is 2.67 bits per heavy atom. The number of tetrazole rings is 1. The predicted molar refractivity (Wildman–Crippen MR) is 113 cm³/mol. The molecule has 33 heavy (non-hydrogen) atoms. The van der Waals surface area contributed by atoms with Crippen LogP contribution >= 0.6 is 0 Å². The monoisotopic (exact) mass is 453 g/mol. The Labute approximate surface area is 186 Å². The maximum atomic E-state index is 13.1. The van der Waals surface area contributed by atoms with Crippen molar-refractivity contribution in [1.29, 1.82) is 0 Å². The van der Waals surface area contributed by atoms with Crippen LogP contribution in [-0.4, -0.2) is 35.9 Å². The fourth-order valence-electron chi connectivity index (χ4n) is 3.59. The van der Waals surface area contributed by atoms with Crippen LogP contribution in [0, 0.1) is 6.92 Å². The van der Waals surface area contributed by atoms with E-state index in [9.17, 15) is 18.0 Å². The second-order valence-corrected chi connectivity index (χ2v) is 7.82. The summed E-state index contributed by atoms with van der Waals surface area (Å²) in [7, 11) is 0. The van der Waals surface area contributed by atoms with Gasteiger partial charge in [0.25, 0.3) is 5.91 Å². The highest BCUT2D eigenvalue weighted by Crippen LogP contribution is 2.37. The molecule has 0 aliphatic heterocycles. The number of benzene rings is 2. The molecule has 1 aliphatic carbocycles. The van der Waals surface area contributed by atoms with E-state index in [2.05, 4.69) is 25.9 Å². The molecule has 1 saturated carbocycles. The van der Waals surface area contributed by atoms with E-state index in [1.54, 1.807) is 29.8 Å². The number of nitrogens with one attached hydrogen (secondary N) is 1. The second kappa shape index (κ2) is 7.84. The van der Waals surface area contributed by atoms with Gasteiger partial charge in [-0.05, 0) is 60.5 Å². The minimum absolute atomic E-state index is 0.218. The summed E-state index contributed by atoms with van der Waals surface area (Å²) in [6.45, 7) is 1.63. The lowest BCUT2D eigenvalue weighted by molar-refractivity contribution is -0.137. The van der Waals surface area contributed by atoms with Crippen molar-refractivity contribution in [3.05, 3.63) is 71.5 Å². The fourth-order valence-corrected chi connectivity index (χ4v) is 3.59. The van der Waals surface area contributed by atoms with E-state index >= 15 is 0 Å². The number of amides is 1. The second-order valence-electron chi connectivity index (χ2n) is 7.82. The van der Waals surface area contributed by atoms with Crippen LogP contribution in [0.3, 0.4) is 0 Å². The van der Waals surface area contributed by atoms with E-state index in [1.165, 1.54) is 23.0 Å². The standard InChI is InChI=1S/C22H18F3N7O/c1-13-19(12-26-31(13)18-7-3-5-15(11-18)22(23,24)25)21(33)27-16-6-2-4-14(10-16)20-28-29-30-32(20)17-8-9-17/h2-7,10-12,17H,8-9H2,1H3,(H,27,33). The summed E-state index contributed by atoms with van der Waals surface area (Å²) < 4.78 is 42.3. The molecule has 2 aromatic carbocycles. The van der Waals surface area contributed by atoms with E-state index < -0.39 is 17.6 Å². The summed E-state index contributed by atoms with van der Waals surface area (Å²) in [5.41, 5.74) is 1.40. The van der Waals surface area contributed by atoms with Crippen LogP contribution < -0.4 is 5.32 Å². The zero-order chi connectivity index (χ0) is 23.2. The number of carbonyl (C=O) groups is 1. The molecular formula is C22H18F3N7O. The number of hydrogen-bond donors (Lipinski definition) is 1. The number of alkyl halides is 3. The normalized spacial score (nSPS) is 13.8. The predicted octanol–water partition coefficient (Wildman–Crippen LogP) is 4.44. The van der Waals surface area contributed by atoms with Crippen molar-refractivity contribution < 1.29 is 18.0 Å². The quantitative estimate of drug-likeness (QED) is 0.483. The zero-order valence-electron chi connectivity index (χ0n) is 17.4. The molecule has 0 spiro atoms. The SMILES string of the molecule is Cc1c(C(=O)Nc2cccc(-c3nnnn3C3CC3)c2)cnn1-c1cccc(C(F)(F)F)c1. The van der Waals surface area contributed by atoms with Gasteiger partial charge in [-0.15, -0.1) is 5.10 Å². The molecule has 2 heterocycles. The number of hydrogen-bond acceptors (Lipinski definition) is 5. The highest BCUT2D eigenvalue weighted by Gasteiger charge is 2.31. The summed E-state index contributed by atoms with van der Waals surface area (Å²) in [4.78, 5) is 12.9. The molecule has 0 atom stereocenters. The molecule has 0 bridgehead atoms. The van der Waals surface area contributed by atoms with Crippen LogP contribution in [0.15, 0.2) is 54.7 Å². The Hall–Kier alpha value is -4.02. The zero-order valence-corrected chi connectivity index (χ0v) is 17.4. The molecule has 8 nitrogen and oxygen atoms in total. The molecular weight excluding hydrogens is 435 g/mol. The third kappa shape index (κ3) is 4.09. The first-order valence-corrected chi connectivity index (χ1v) is 10.2. The number of aromatic nitrogens is 6. The minimum atomic E-state index is -4.47. The Balaban J connectivity index is 1.38. The van der Waals surface area contributed by atoms with Crippen LogP contribution in [0.1, 0.15) is 40.5 Å². The number of anilines is 1. The Morgan fingerprint density at radius 2 is 1.91 bits per heavy atom. The van der Waals surface area contributed by atoms with E-state index in [4.69, 9.17) is 0 Å². The van der Waals surface area contributed by atoms with Gasteiger partial charge in [0.15, 0.2) is 5.82 Å². The lowest BCUT2D eigenvalue weighted by atomic mass is 10.1. The average molecular weight is 453 g/mol. The first-order valence-electron chi connectivity index (χ1n) is 10.2. The summed E-state index contributed by atoms with van der Waals surface area (Å²) in [5, 5.41) is 18.8. The topological polar surface area (TPSA) is 90.5 Å². The van der Waals surface area contributed by atoms with E-state index in [0.717, 1.165) is 30.5 Å². The van der Waals surface area contributed by atoms with Gasteiger partial charge in [0.1, 0.15) is 0 Å². The van der Waals surface area contributed by atoms with Gasteiger partial charge in [-0.1, -0.05) is 18.2 Å². The Bertz CT molecular complexity index is 1340. The van der Waals surface area contributed by atoms with Gasteiger partial charge >= 0.3 is 6.18 Å². The molecule has 1 amide bonds. The van der Waals surface area contributed by atoms with Gasteiger partial charge in [-0.25, -0.2) is 9.36 Å². The van der Waals surface area contributed by atoms with Crippen molar-refractivity contribution in [3.63, 3.8) is 0 Å². The fraction of sp³-hybridized carbons (Fsp3) is 0.227. The average Bonchev–Trinajstić information content (AvgIpc) is 3.38. The van der Waals surface area contributed by atoms with Crippen molar-refractivity contribution in [2.45, 2.75) is 32.0 Å². The largest absolute Gasteiger partial charge is 0.416 e. The highest BCUT2D eigenvalue weighted by molar-refractivity contribution is 6.05.